The quantitative estimate of drug-likeness (QED) is 0.829. The minimum absolute atomic E-state index is 0.0458. The van der Waals surface area contributed by atoms with E-state index in [1.54, 1.807) is 43.3 Å². The summed E-state index contributed by atoms with van der Waals surface area (Å²) in [6.07, 6.45) is 0. The van der Waals surface area contributed by atoms with Gasteiger partial charge in [0.2, 0.25) is 0 Å². The number of aromatic hydroxyl groups is 1. The van der Waals surface area contributed by atoms with Gasteiger partial charge in [0.15, 0.2) is 0 Å². The third kappa shape index (κ3) is 3.79. The zero-order valence-electron chi connectivity index (χ0n) is 12.8. The van der Waals surface area contributed by atoms with E-state index in [-0.39, 0.29) is 17.1 Å². The van der Waals surface area contributed by atoms with Crippen LogP contribution in [0.3, 0.4) is 0 Å². The van der Waals surface area contributed by atoms with E-state index >= 15 is 0 Å². The maximum Gasteiger partial charge on any atom is 0.338 e. The second-order valence-electron chi connectivity index (χ2n) is 4.61. The highest BCUT2D eigenvalue weighted by Gasteiger charge is 2.17. The molecule has 0 spiro atoms. The lowest BCUT2D eigenvalue weighted by Gasteiger charge is -2.11. The van der Waals surface area contributed by atoms with Crippen LogP contribution >= 0.6 is 0 Å². The first kappa shape index (κ1) is 16.4. The van der Waals surface area contributed by atoms with Crippen LogP contribution < -0.4 is 10.1 Å². The molecule has 0 aliphatic carbocycles. The highest BCUT2D eigenvalue weighted by atomic mass is 16.5. The Morgan fingerprint density at radius 2 is 1.83 bits per heavy atom. The molecule has 2 aromatic rings. The molecule has 0 aromatic heterocycles. The topological polar surface area (TPSA) is 84.9 Å². The van der Waals surface area contributed by atoms with Gasteiger partial charge in [-0.15, -0.1) is 0 Å². The van der Waals surface area contributed by atoms with Crippen molar-refractivity contribution in [2.75, 3.05) is 19.0 Å². The summed E-state index contributed by atoms with van der Waals surface area (Å²) in [5, 5.41) is 12.5. The molecule has 0 unspecified atom stereocenters. The minimum Gasteiger partial charge on any atom is -0.507 e. The van der Waals surface area contributed by atoms with E-state index in [9.17, 15) is 14.7 Å². The zero-order chi connectivity index (χ0) is 16.8. The molecule has 23 heavy (non-hydrogen) atoms. The van der Waals surface area contributed by atoms with Gasteiger partial charge in [-0.25, -0.2) is 4.79 Å². The predicted molar refractivity (Wildman–Crippen MR) is 85.0 cm³/mol. The maximum atomic E-state index is 12.3. The second kappa shape index (κ2) is 7.31. The maximum absolute atomic E-state index is 12.3. The summed E-state index contributed by atoms with van der Waals surface area (Å²) in [7, 11) is 1.42. The van der Waals surface area contributed by atoms with Crippen LogP contribution in [0.4, 0.5) is 5.69 Å². The molecule has 0 aliphatic heterocycles. The standard InChI is InChI=1S/C17H17NO5/c1-3-23-17(21)11-7-9-12(10-8-11)18-16(20)15-13(19)5-4-6-14(15)22-2/h4-10,19H,3H2,1-2H3,(H,18,20). The molecule has 0 fully saturated rings. The molecule has 0 saturated heterocycles. The van der Waals surface area contributed by atoms with Gasteiger partial charge in [0, 0.05) is 5.69 Å². The normalized spacial score (nSPS) is 10.0. The first-order valence-electron chi connectivity index (χ1n) is 7.01. The third-order valence-corrected chi connectivity index (χ3v) is 3.11. The van der Waals surface area contributed by atoms with E-state index in [1.165, 1.54) is 13.2 Å². The molecule has 120 valence electrons. The molecule has 2 aromatic carbocycles. The van der Waals surface area contributed by atoms with Crippen molar-refractivity contribution < 1.29 is 24.2 Å². The molecule has 1 amide bonds. The van der Waals surface area contributed by atoms with Crippen molar-refractivity contribution in [2.45, 2.75) is 6.92 Å². The van der Waals surface area contributed by atoms with Crippen LogP contribution in [0.2, 0.25) is 0 Å². The Morgan fingerprint density at radius 1 is 1.13 bits per heavy atom. The van der Waals surface area contributed by atoms with Gasteiger partial charge in [0.1, 0.15) is 17.1 Å². The number of phenols is 1. The van der Waals surface area contributed by atoms with Crippen LogP contribution in [-0.4, -0.2) is 30.7 Å². The number of esters is 1. The minimum atomic E-state index is -0.510. The lowest BCUT2D eigenvalue weighted by Crippen LogP contribution is -2.13. The summed E-state index contributed by atoms with van der Waals surface area (Å²) in [4.78, 5) is 23.9. The largest absolute Gasteiger partial charge is 0.507 e. The van der Waals surface area contributed by atoms with Crippen LogP contribution in [0.15, 0.2) is 42.5 Å². The van der Waals surface area contributed by atoms with Crippen molar-refractivity contribution in [1.29, 1.82) is 0 Å². The van der Waals surface area contributed by atoms with E-state index in [1.807, 2.05) is 0 Å². The molecule has 0 aliphatic rings. The van der Waals surface area contributed by atoms with E-state index in [4.69, 9.17) is 9.47 Å². The average molecular weight is 315 g/mol. The van der Waals surface area contributed by atoms with Crippen LogP contribution in [0.1, 0.15) is 27.6 Å². The number of nitrogens with one attached hydrogen (secondary N) is 1. The first-order chi connectivity index (χ1) is 11.1. The predicted octanol–water partition coefficient (Wildman–Crippen LogP) is 2.83. The van der Waals surface area contributed by atoms with Gasteiger partial charge in [-0.3, -0.25) is 4.79 Å². The van der Waals surface area contributed by atoms with Gasteiger partial charge in [-0.1, -0.05) is 6.07 Å². The number of rotatable bonds is 5. The molecule has 6 heteroatoms. The zero-order valence-corrected chi connectivity index (χ0v) is 12.8. The van der Waals surface area contributed by atoms with Crippen LogP contribution in [-0.2, 0) is 4.74 Å². The molecule has 0 atom stereocenters. The summed E-state index contributed by atoms with van der Waals surface area (Å²) in [5.41, 5.74) is 0.919. The van der Waals surface area contributed by atoms with Gasteiger partial charge >= 0.3 is 5.97 Å². The number of anilines is 1. The highest BCUT2D eigenvalue weighted by Crippen LogP contribution is 2.28. The second-order valence-corrected chi connectivity index (χ2v) is 4.61. The summed E-state index contributed by atoms with van der Waals surface area (Å²) < 4.78 is 9.97. The van der Waals surface area contributed by atoms with E-state index < -0.39 is 11.9 Å². The number of hydrogen-bond donors (Lipinski definition) is 2. The van der Waals surface area contributed by atoms with Gasteiger partial charge < -0.3 is 19.9 Å². The first-order valence-corrected chi connectivity index (χ1v) is 7.01. The number of carbonyl (C=O) groups is 2. The molecule has 2 N–H and O–H groups in total. The summed E-state index contributed by atoms with van der Waals surface area (Å²) in [5.74, 6) is -0.841. The fraction of sp³-hybridized carbons (Fsp3) is 0.176. The van der Waals surface area contributed by atoms with E-state index in [0.717, 1.165) is 0 Å². The van der Waals surface area contributed by atoms with Crippen molar-refractivity contribution in [3.8, 4) is 11.5 Å². The summed E-state index contributed by atoms with van der Waals surface area (Å²) in [6.45, 7) is 2.02. The van der Waals surface area contributed by atoms with Crippen molar-refractivity contribution in [1.82, 2.24) is 0 Å². The highest BCUT2D eigenvalue weighted by molar-refractivity contribution is 6.08. The molecule has 0 radical (unpaired) electrons. The average Bonchev–Trinajstić information content (AvgIpc) is 2.55. The van der Waals surface area contributed by atoms with Crippen molar-refractivity contribution in [2.24, 2.45) is 0 Å². The molecule has 2 rings (SSSR count). The summed E-state index contributed by atoms with van der Waals surface area (Å²) >= 11 is 0. The number of methoxy groups -OCH3 is 1. The third-order valence-electron chi connectivity index (χ3n) is 3.11. The molecule has 6 nitrogen and oxygen atoms in total. The Kier molecular flexibility index (Phi) is 5.19. The van der Waals surface area contributed by atoms with Crippen LogP contribution in [0.25, 0.3) is 0 Å². The molecule has 0 bridgehead atoms. The van der Waals surface area contributed by atoms with Crippen LogP contribution in [0, 0.1) is 0 Å². The molecular weight excluding hydrogens is 298 g/mol. The molecule has 0 heterocycles. The lowest BCUT2D eigenvalue weighted by molar-refractivity contribution is 0.0526. The van der Waals surface area contributed by atoms with Gasteiger partial charge in [-0.05, 0) is 43.3 Å². The van der Waals surface area contributed by atoms with E-state index in [2.05, 4.69) is 5.32 Å². The van der Waals surface area contributed by atoms with Crippen molar-refractivity contribution >= 4 is 17.6 Å². The Hall–Kier alpha value is -3.02. The summed E-state index contributed by atoms with van der Waals surface area (Å²) in [6, 6.07) is 10.8. The monoisotopic (exact) mass is 315 g/mol. The number of amides is 1. The Bertz CT molecular complexity index is 709. The number of phenolic OH excluding ortho intramolecular Hbond substituents is 1. The fourth-order valence-electron chi connectivity index (χ4n) is 2.02. The van der Waals surface area contributed by atoms with Gasteiger partial charge in [0.05, 0.1) is 19.3 Å². The number of hydrogen-bond acceptors (Lipinski definition) is 5. The Balaban J connectivity index is 2.17. The number of ether oxygens (including phenoxy) is 2. The SMILES string of the molecule is CCOC(=O)c1ccc(NC(=O)c2c(O)cccc2OC)cc1. The Labute approximate surface area is 133 Å². The smallest absolute Gasteiger partial charge is 0.338 e. The number of carbonyl (C=O) groups excluding carboxylic acids is 2. The molecule has 0 saturated carbocycles. The van der Waals surface area contributed by atoms with Crippen LogP contribution in [0.5, 0.6) is 11.5 Å². The molecular formula is C17H17NO5. The lowest BCUT2D eigenvalue weighted by atomic mass is 10.1. The van der Waals surface area contributed by atoms with Crippen molar-refractivity contribution in [3.05, 3.63) is 53.6 Å². The van der Waals surface area contributed by atoms with Gasteiger partial charge in [-0.2, -0.15) is 0 Å². The number of benzene rings is 2. The van der Waals surface area contributed by atoms with Gasteiger partial charge in [0.25, 0.3) is 5.91 Å². The fourth-order valence-corrected chi connectivity index (χ4v) is 2.02. The Morgan fingerprint density at radius 3 is 2.43 bits per heavy atom. The van der Waals surface area contributed by atoms with Crippen molar-refractivity contribution in [3.63, 3.8) is 0 Å². The van der Waals surface area contributed by atoms with E-state index in [0.29, 0.717) is 17.9 Å².